The van der Waals surface area contributed by atoms with Crippen molar-refractivity contribution in [2.45, 2.75) is 70.2 Å². The molecular formula is C31H36N2O5S. The fourth-order valence-corrected chi connectivity index (χ4v) is 7.42. The number of anilines is 1. The summed E-state index contributed by atoms with van der Waals surface area (Å²) < 4.78 is 36.6. The van der Waals surface area contributed by atoms with Crippen LogP contribution in [-0.4, -0.2) is 20.5 Å². The van der Waals surface area contributed by atoms with Gasteiger partial charge in [0.25, 0.3) is 15.7 Å². The molecule has 0 aliphatic carbocycles. The maximum Gasteiger partial charge on any atom is 0.274 e. The van der Waals surface area contributed by atoms with Crippen LogP contribution in [-0.2, 0) is 10.0 Å². The van der Waals surface area contributed by atoms with E-state index < -0.39 is 21.0 Å². The van der Waals surface area contributed by atoms with Crippen LogP contribution in [0.15, 0.2) is 71.3 Å². The molecule has 3 aromatic rings. The lowest BCUT2D eigenvalue weighted by atomic mass is 9.89. The summed E-state index contributed by atoms with van der Waals surface area (Å²) in [6, 6.07) is 16.5. The summed E-state index contributed by atoms with van der Waals surface area (Å²) in [4.78, 5) is 12.2. The van der Waals surface area contributed by atoms with Crippen molar-refractivity contribution in [3.63, 3.8) is 0 Å². The molecule has 1 aliphatic heterocycles. The van der Waals surface area contributed by atoms with E-state index in [4.69, 9.17) is 4.74 Å². The molecule has 0 bridgehead atoms. The number of ether oxygens (including phenoxy) is 1. The molecule has 7 nitrogen and oxygen atoms in total. The van der Waals surface area contributed by atoms with Crippen LogP contribution in [0.4, 0.5) is 5.69 Å². The van der Waals surface area contributed by atoms with Crippen LogP contribution in [0, 0.1) is 10.1 Å². The number of rotatable bonds is 8. The monoisotopic (exact) mass is 548 g/mol. The molecule has 0 N–H and O–H groups in total. The van der Waals surface area contributed by atoms with Crippen LogP contribution in [0.5, 0.6) is 5.75 Å². The van der Waals surface area contributed by atoms with Crippen molar-refractivity contribution in [1.29, 1.82) is 0 Å². The van der Waals surface area contributed by atoms with Crippen molar-refractivity contribution in [3.8, 4) is 5.75 Å². The quantitative estimate of drug-likeness (QED) is 0.213. The number of hydrogen-bond donors (Lipinski definition) is 0. The molecular weight excluding hydrogens is 512 g/mol. The summed E-state index contributed by atoms with van der Waals surface area (Å²) in [5, 5.41) is 12.4. The Morgan fingerprint density at radius 1 is 0.872 bits per heavy atom. The Kier molecular flexibility index (Phi) is 7.89. The number of fused-ring (bicyclic) bond motifs is 1. The third kappa shape index (κ3) is 5.17. The Balaban J connectivity index is 2.09. The molecule has 0 unspecified atom stereocenters. The molecule has 0 aromatic heterocycles. The zero-order valence-corrected chi connectivity index (χ0v) is 24.3. The Morgan fingerprint density at radius 2 is 1.44 bits per heavy atom. The highest BCUT2D eigenvalue weighted by Crippen LogP contribution is 2.47. The molecule has 1 heterocycles. The maximum atomic E-state index is 15.0. The second kappa shape index (κ2) is 10.8. The minimum Gasteiger partial charge on any atom is -0.497 e. The van der Waals surface area contributed by atoms with Gasteiger partial charge in [-0.25, -0.2) is 12.7 Å². The highest BCUT2D eigenvalue weighted by Gasteiger charge is 2.45. The first-order valence-corrected chi connectivity index (χ1v) is 14.6. The predicted octanol–water partition coefficient (Wildman–Crippen LogP) is 7.63. The van der Waals surface area contributed by atoms with Gasteiger partial charge >= 0.3 is 0 Å². The second-order valence-corrected chi connectivity index (χ2v) is 12.6. The number of nitro groups is 1. The summed E-state index contributed by atoms with van der Waals surface area (Å²) in [5.41, 5.74) is 3.65. The van der Waals surface area contributed by atoms with E-state index in [2.05, 4.69) is 13.8 Å². The molecule has 0 spiro atoms. The van der Waals surface area contributed by atoms with E-state index in [1.54, 1.807) is 48.5 Å². The smallest absolute Gasteiger partial charge is 0.274 e. The van der Waals surface area contributed by atoms with Crippen molar-refractivity contribution in [2.75, 3.05) is 11.4 Å². The SMILES string of the molecule is COc1ccc([C@H]2C([N+](=O)[O-])=Cc3ccccc3N2S(=O)(=O)c2c(C(C)C)cc(C(C)C)cc2C(C)C)cc1. The minimum atomic E-state index is -4.29. The number of nitrogens with zero attached hydrogens (tertiary/aromatic N) is 2. The van der Waals surface area contributed by atoms with Crippen molar-refractivity contribution in [3.05, 3.63) is 104 Å². The standard InChI is InChI=1S/C31H36N2O5S/c1-19(2)24-16-26(20(3)4)31(27(17-24)21(5)6)39(36,37)32-28-11-9-8-10-23(28)18-29(33(34)35)30(32)22-12-14-25(38-7)15-13-22/h8-21,30H,1-7H3/t30-/m0/s1. The topological polar surface area (TPSA) is 89.8 Å². The highest BCUT2D eigenvalue weighted by atomic mass is 32.2. The number of benzene rings is 3. The first kappa shape index (κ1) is 28.4. The van der Waals surface area contributed by atoms with Crippen LogP contribution in [0.2, 0.25) is 0 Å². The van der Waals surface area contributed by atoms with Gasteiger partial charge in [0.1, 0.15) is 5.75 Å². The molecule has 0 saturated heterocycles. The van der Waals surface area contributed by atoms with Gasteiger partial charge in [-0.1, -0.05) is 84.0 Å². The Morgan fingerprint density at radius 3 is 1.92 bits per heavy atom. The second-order valence-electron chi connectivity index (χ2n) is 10.9. The van der Waals surface area contributed by atoms with Crippen LogP contribution >= 0.6 is 0 Å². The third-order valence-electron chi connectivity index (χ3n) is 7.23. The van der Waals surface area contributed by atoms with Gasteiger partial charge in [0, 0.05) is 11.6 Å². The molecule has 3 aromatic carbocycles. The molecule has 4 rings (SSSR count). The Hall–Kier alpha value is -3.65. The van der Waals surface area contributed by atoms with Crippen molar-refractivity contribution in [1.82, 2.24) is 0 Å². The van der Waals surface area contributed by atoms with Gasteiger partial charge in [-0.2, -0.15) is 0 Å². The van der Waals surface area contributed by atoms with E-state index in [-0.39, 0.29) is 28.3 Å². The first-order chi connectivity index (χ1) is 18.4. The molecule has 1 aliphatic rings. The van der Waals surface area contributed by atoms with Crippen molar-refractivity contribution < 1.29 is 18.1 Å². The summed E-state index contributed by atoms with van der Waals surface area (Å²) in [6.07, 6.45) is 1.48. The largest absolute Gasteiger partial charge is 0.497 e. The van der Waals surface area contributed by atoms with Crippen LogP contribution in [0.25, 0.3) is 6.08 Å². The molecule has 39 heavy (non-hydrogen) atoms. The summed E-state index contributed by atoms with van der Waals surface area (Å²) in [5.74, 6) is 0.611. The van der Waals surface area contributed by atoms with Gasteiger partial charge in [-0.05, 0) is 58.2 Å². The zero-order valence-electron chi connectivity index (χ0n) is 23.5. The molecule has 1 atom stereocenters. The van der Waals surface area contributed by atoms with Gasteiger partial charge < -0.3 is 4.74 Å². The van der Waals surface area contributed by atoms with Crippen LogP contribution < -0.4 is 9.04 Å². The van der Waals surface area contributed by atoms with Gasteiger partial charge in [0.2, 0.25) is 0 Å². The fourth-order valence-electron chi connectivity index (χ4n) is 5.11. The zero-order chi connectivity index (χ0) is 28.6. The summed E-state index contributed by atoms with van der Waals surface area (Å²) >= 11 is 0. The normalized spacial score (nSPS) is 15.5. The van der Waals surface area contributed by atoms with E-state index in [9.17, 15) is 10.1 Å². The lowest BCUT2D eigenvalue weighted by Gasteiger charge is -2.36. The molecule has 0 radical (unpaired) electrons. The van der Waals surface area contributed by atoms with E-state index in [1.165, 1.54) is 17.5 Å². The molecule has 0 fully saturated rings. The van der Waals surface area contributed by atoms with Gasteiger partial charge in [-0.3, -0.25) is 10.1 Å². The molecule has 0 saturated carbocycles. The lowest BCUT2D eigenvalue weighted by Crippen LogP contribution is -2.40. The van der Waals surface area contributed by atoms with E-state index in [1.807, 2.05) is 39.8 Å². The van der Waals surface area contributed by atoms with Crippen molar-refractivity contribution in [2.24, 2.45) is 0 Å². The van der Waals surface area contributed by atoms with Crippen LogP contribution in [0.1, 0.15) is 93.2 Å². The highest BCUT2D eigenvalue weighted by molar-refractivity contribution is 7.93. The first-order valence-electron chi connectivity index (χ1n) is 13.2. The molecule has 8 heteroatoms. The van der Waals surface area contributed by atoms with E-state index in [0.29, 0.717) is 33.7 Å². The van der Waals surface area contributed by atoms with Gasteiger partial charge in [0.15, 0.2) is 6.04 Å². The number of methoxy groups -OCH3 is 1. The predicted molar refractivity (Wildman–Crippen MR) is 156 cm³/mol. The Labute approximate surface area is 231 Å². The maximum absolute atomic E-state index is 15.0. The molecule has 0 amide bonds. The van der Waals surface area contributed by atoms with Gasteiger partial charge in [-0.15, -0.1) is 0 Å². The van der Waals surface area contributed by atoms with Crippen molar-refractivity contribution >= 4 is 21.8 Å². The number of sulfonamides is 1. The fraction of sp³-hybridized carbons (Fsp3) is 0.355. The van der Waals surface area contributed by atoms with Gasteiger partial charge in [0.05, 0.1) is 22.6 Å². The average molecular weight is 549 g/mol. The summed E-state index contributed by atoms with van der Waals surface area (Å²) in [6.45, 7) is 12.1. The lowest BCUT2D eigenvalue weighted by molar-refractivity contribution is -0.428. The number of para-hydroxylation sites is 1. The average Bonchev–Trinajstić information content (AvgIpc) is 2.90. The van der Waals surface area contributed by atoms with E-state index >= 15 is 8.42 Å². The number of hydrogen-bond acceptors (Lipinski definition) is 5. The summed E-state index contributed by atoms with van der Waals surface area (Å²) in [7, 11) is -2.76. The van der Waals surface area contributed by atoms with E-state index in [0.717, 1.165) is 5.56 Å². The third-order valence-corrected chi connectivity index (χ3v) is 9.14. The minimum absolute atomic E-state index is 0.0871. The molecule has 206 valence electrons. The Bertz CT molecular complexity index is 1490. The van der Waals surface area contributed by atoms with Crippen LogP contribution in [0.3, 0.4) is 0 Å².